The van der Waals surface area contributed by atoms with Crippen LogP contribution >= 0.6 is 12.2 Å². The Kier molecular flexibility index (Phi) is 3.32. The van der Waals surface area contributed by atoms with Gasteiger partial charge in [-0.3, -0.25) is 15.2 Å². The lowest BCUT2D eigenvalue weighted by Crippen LogP contribution is -2.31. The standard InChI is InChI=1S/C10H13N7OS/c1-4-6(8-15-16-10(19)17(8)12)3-7(5(2)13-4)9(18)14-11/h3H,11-12H2,1-2H3,(H,14,18)(H,16,19). The maximum Gasteiger partial charge on any atom is 0.267 e. The van der Waals surface area contributed by atoms with Crippen LogP contribution in [0.5, 0.6) is 0 Å². The van der Waals surface area contributed by atoms with E-state index in [-0.39, 0.29) is 4.77 Å². The average molecular weight is 279 g/mol. The van der Waals surface area contributed by atoms with Gasteiger partial charge in [-0.15, -0.1) is 0 Å². The molecule has 8 nitrogen and oxygen atoms in total. The van der Waals surface area contributed by atoms with Gasteiger partial charge in [-0.25, -0.2) is 15.6 Å². The highest BCUT2D eigenvalue weighted by Crippen LogP contribution is 2.22. The first-order chi connectivity index (χ1) is 8.95. The first-order valence-electron chi connectivity index (χ1n) is 5.37. The second-order valence-corrected chi connectivity index (χ2v) is 4.34. The van der Waals surface area contributed by atoms with Crippen molar-refractivity contribution in [2.24, 2.45) is 5.84 Å². The Morgan fingerprint density at radius 2 is 2.16 bits per heavy atom. The summed E-state index contributed by atoms with van der Waals surface area (Å²) in [6.07, 6.45) is 0. The van der Waals surface area contributed by atoms with E-state index in [9.17, 15) is 4.79 Å². The molecule has 0 aliphatic carbocycles. The molecule has 2 heterocycles. The number of carbonyl (C=O) groups is 1. The summed E-state index contributed by atoms with van der Waals surface area (Å²) in [5.41, 5.74) is 4.30. The minimum atomic E-state index is -0.427. The van der Waals surface area contributed by atoms with Crippen molar-refractivity contribution in [1.29, 1.82) is 0 Å². The molecule has 2 rings (SSSR count). The molecule has 6 N–H and O–H groups in total. The summed E-state index contributed by atoms with van der Waals surface area (Å²) in [7, 11) is 0. The highest BCUT2D eigenvalue weighted by molar-refractivity contribution is 7.71. The number of nitrogens with two attached hydrogens (primary N) is 2. The molecule has 2 aromatic heterocycles. The molecule has 0 saturated heterocycles. The maximum atomic E-state index is 11.7. The van der Waals surface area contributed by atoms with Gasteiger partial charge >= 0.3 is 0 Å². The predicted octanol–water partition coefficient (Wildman–Crippen LogP) is -0.0632. The van der Waals surface area contributed by atoms with Gasteiger partial charge in [0.15, 0.2) is 5.82 Å². The lowest BCUT2D eigenvalue weighted by Gasteiger charge is -2.09. The van der Waals surface area contributed by atoms with Crippen molar-refractivity contribution in [2.75, 3.05) is 5.84 Å². The van der Waals surface area contributed by atoms with Gasteiger partial charge in [0.2, 0.25) is 4.77 Å². The minimum Gasteiger partial charge on any atom is -0.335 e. The number of aryl methyl sites for hydroxylation is 2. The summed E-state index contributed by atoms with van der Waals surface area (Å²) in [6.45, 7) is 3.52. The van der Waals surface area contributed by atoms with Crippen LogP contribution in [0.3, 0.4) is 0 Å². The van der Waals surface area contributed by atoms with Crippen LogP contribution in [-0.4, -0.2) is 25.8 Å². The van der Waals surface area contributed by atoms with E-state index in [0.717, 1.165) is 0 Å². The average Bonchev–Trinajstić information content (AvgIpc) is 2.70. The molecule has 0 aromatic carbocycles. The van der Waals surface area contributed by atoms with E-state index in [1.165, 1.54) is 4.68 Å². The zero-order valence-corrected chi connectivity index (χ0v) is 11.2. The lowest BCUT2D eigenvalue weighted by atomic mass is 10.1. The first-order valence-corrected chi connectivity index (χ1v) is 5.78. The molecule has 0 unspecified atom stereocenters. The Balaban J connectivity index is 2.67. The van der Waals surface area contributed by atoms with Crippen LogP contribution in [-0.2, 0) is 0 Å². The molecule has 0 atom stereocenters. The fourth-order valence-electron chi connectivity index (χ4n) is 1.75. The number of hydrogen-bond acceptors (Lipinski definition) is 6. The Hall–Kier alpha value is -2.26. The topological polar surface area (TPSA) is 128 Å². The van der Waals surface area contributed by atoms with Gasteiger partial charge in [0.05, 0.1) is 11.3 Å². The molecule has 19 heavy (non-hydrogen) atoms. The number of carbonyl (C=O) groups excluding carboxylic acids is 1. The van der Waals surface area contributed by atoms with Gasteiger partial charge in [-0.1, -0.05) is 0 Å². The molecule has 0 fully saturated rings. The number of hydrogen-bond donors (Lipinski definition) is 4. The third-order valence-corrected chi connectivity index (χ3v) is 3.01. The van der Waals surface area contributed by atoms with Crippen LogP contribution in [0.2, 0.25) is 0 Å². The van der Waals surface area contributed by atoms with E-state index < -0.39 is 5.91 Å². The summed E-state index contributed by atoms with van der Waals surface area (Å²) in [5, 5.41) is 6.60. The summed E-state index contributed by atoms with van der Waals surface area (Å²) in [5.74, 6) is 10.9. The number of aromatic nitrogens is 4. The predicted molar refractivity (Wildman–Crippen MR) is 71.9 cm³/mol. The van der Waals surface area contributed by atoms with E-state index in [0.29, 0.717) is 28.3 Å². The molecule has 0 saturated carbocycles. The van der Waals surface area contributed by atoms with Crippen LogP contribution in [0.15, 0.2) is 6.07 Å². The Bertz CT molecular complexity index is 702. The van der Waals surface area contributed by atoms with Gasteiger partial charge in [0.1, 0.15) is 0 Å². The summed E-state index contributed by atoms with van der Waals surface area (Å²) in [4.78, 5) is 16.0. The van der Waals surface area contributed by atoms with Crippen molar-refractivity contribution in [3.8, 4) is 11.4 Å². The van der Waals surface area contributed by atoms with Crippen molar-refractivity contribution < 1.29 is 4.79 Å². The smallest absolute Gasteiger partial charge is 0.267 e. The van der Waals surface area contributed by atoms with Crippen LogP contribution in [0.4, 0.5) is 0 Å². The summed E-state index contributed by atoms with van der Waals surface area (Å²) < 4.78 is 1.50. The van der Waals surface area contributed by atoms with E-state index in [4.69, 9.17) is 23.9 Å². The fourth-order valence-corrected chi connectivity index (χ4v) is 1.89. The number of hydrazine groups is 1. The van der Waals surface area contributed by atoms with Crippen molar-refractivity contribution in [1.82, 2.24) is 25.3 Å². The number of nitrogen functional groups attached to an aromatic ring is 2. The van der Waals surface area contributed by atoms with Crippen molar-refractivity contribution in [3.63, 3.8) is 0 Å². The molecular weight excluding hydrogens is 266 g/mol. The van der Waals surface area contributed by atoms with E-state index in [1.807, 2.05) is 0 Å². The number of nitrogens with one attached hydrogen (secondary N) is 2. The number of pyridine rings is 1. The van der Waals surface area contributed by atoms with E-state index >= 15 is 0 Å². The van der Waals surface area contributed by atoms with Crippen LogP contribution in [0.1, 0.15) is 21.7 Å². The van der Waals surface area contributed by atoms with E-state index in [2.05, 4.69) is 20.6 Å². The first kappa shape index (κ1) is 13.2. The van der Waals surface area contributed by atoms with Gasteiger partial charge in [-0.2, -0.15) is 5.10 Å². The Morgan fingerprint density at radius 3 is 2.68 bits per heavy atom. The number of aromatic amines is 1. The van der Waals surface area contributed by atoms with Crippen molar-refractivity contribution in [2.45, 2.75) is 13.8 Å². The van der Waals surface area contributed by atoms with Crippen molar-refractivity contribution >= 4 is 18.1 Å². The zero-order chi connectivity index (χ0) is 14.2. The Labute approximate surface area is 113 Å². The van der Waals surface area contributed by atoms with Gasteiger partial charge in [0.25, 0.3) is 5.91 Å². The summed E-state index contributed by atoms with van der Waals surface area (Å²) in [6, 6.07) is 1.63. The number of nitrogens with zero attached hydrogens (tertiary/aromatic N) is 3. The maximum absolute atomic E-state index is 11.7. The quantitative estimate of drug-likeness (QED) is 0.264. The zero-order valence-electron chi connectivity index (χ0n) is 10.4. The minimum absolute atomic E-state index is 0.278. The number of H-pyrrole nitrogens is 1. The monoisotopic (exact) mass is 279 g/mol. The highest BCUT2D eigenvalue weighted by Gasteiger charge is 2.16. The molecule has 0 bridgehead atoms. The second-order valence-electron chi connectivity index (χ2n) is 3.95. The van der Waals surface area contributed by atoms with Gasteiger partial charge in [0, 0.05) is 11.3 Å². The van der Waals surface area contributed by atoms with Gasteiger partial charge in [-0.05, 0) is 32.1 Å². The Morgan fingerprint density at radius 1 is 1.47 bits per heavy atom. The molecule has 1 amide bonds. The third-order valence-electron chi connectivity index (χ3n) is 2.72. The van der Waals surface area contributed by atoms with Gasteiger partial charge < -0.3 is 5.84 Å². The molecular formula is C10H13N7OS. The van der Waals surface area contributed by atoms with E-state index in [1.54, 1.807) is 19.9 Å². The molecule has 100 valence electrons. The molecule has 0 spiro atoms. The molecule has 0 aliphatic heterocycles. The molecule has 9 heteroatoms. The van der Waals surface area contributed by atoms with Crippen LogP contribution < -0.4 is 17.1 Å². The SMILES string of the molecule is Cc1nc(C)c(-c2n[nH]c(=S)n2N)cc1C(=O)NN. The number of rotatable bonds is 2. The van der Waals surface area contributed by atoms with Crippen LogP contribution in [0.25, 0.3) is 11.4 Å². The third kappa shape index (κ3) is 2.20. The summed E-state index contributed by atoms with van der Waals surface area (Å²) >= 11 is 4.95. The normalized spacial score (nSPS) is 10.5. The lowest BCUT2D eigenvalue weighted by molar-refractivity contribution is 0.0952. The highest BCUT2D eigenvalue weighted by atomic mass is 32.1. The molecule has 0 radical (unpaired) electrons. The number of amides is 1. The largest absolute Gasteiger partial charge is 0.335 e. The fraction of sp³-hybridized carbons (Fsp3) is 0.200. The van der Waals surface area contributed by atoms with Crippen LogP contribution in [0, 0.1) is 18.6 Å². The van der Waals surface area contributed by atoms with Crippen molar-refractivity contribution in [3.05, 3.63) is 27.8 Å². The molecule has 2 aromatic rings. The molecule has 0 aliphatic rings. The second kappa shape index (κ2) is 4.78.